The van der Waals surface area contributed by atoms with E-state index < -0.39 is 10.0 Å². The minimum Gasteiger partial charge on any atom is -0.438 e. The number of furan rings is 1. The minimum atomic E-state index is -3.82. The van der Waals surface area contributed by atoms with Gasteiger partial charge in [-0.05, 0) is 36.8 Å². The van der Waals surface area contributed by atoms with Crippen LogP contribution in [0.15, 0.2) is 50.3 Å². The Kier molecular flexibility index (Phi) is 3.91. The van der Waals surface area contributed by atoms with Crippen LogP contribution in [-0.2, 0) is 16.4 Å². The van der Waals surface area contributed by atoms with E-state index in [2.05, 4.69) is 14.9 Å². The summed E-state index contributed by atoms with van der Waals surface area (Å²) in [7, 11) is -3.82. The average molecular weight is 333 g/mol. The van der Waals surface area contributed by atoms with Crippen LogP contribution in [0.4, 0.5) is 5.69 Å². The third-order valence-electron chi connectivity index (χ3n) is 3.10. The van der Waals surface area contributed by atoms with E-state index in [1.165, 1.54) is 12.1 Å². The lowest BCUT2D eigenvalue weighted by Crippen LogP contribution is -2.12. The fraction of sp³-hybridized carbons (Fsp3) is 0.200. The van der Waals surface area contributed by atoms with Crippen molar-refractivity contribution in [2.24, 2.45) is 0 Å². The van der Waals surface area contributed by atoms with Crippen molar-refractivity contribution in [3.63, 3.8) is 0 Å². The van der Waals surface area contributed by atoms with E-state index in [0.717, 1.165) is 5.56 Å². The molecule has 0 radical (unpaired) electrons. The molecule has 1 N–H and O–H groups in total. The number of nitrogens with zero attached hydrogens (tertiary/aromatic N) is 2. The molecule has 3 aromatic rings. The van der Waals surface area contributed by atoms with Crippen molar-refractivity contribution in [1.29, 1.82) is 0 Å². The van der Waals surface area contributed by atoms with E-state index in [0.29, 0.717) is 18.0 Å². The van der Waals surface area contributed by atoms with Gasteiger partial charge < -0.3 is 8.83 Å². The fourth-order valence-corrected chi connectivity index (χ4v) is 2.97. The normalized spacial score (nSPS) is 11.6. The zero-order valence-electron chi connectivity index (χ0n) is 12.6. The summed E-state index contributed by atoms with van der Waals surface area (Å²) in [6.45, 7) is 3.75. The van der Waals surface area contributed by atoms with Crippen molar-refractivity contribution in [3.8, 4) is 11.7 Å². The maximum atomic E-state index is 12.3. The molecule has 1 aromatic carbocycles. The quantitative estimate of drug-likeness (QED) is 0.770. The highest BCUT2D eigenvalue weighted by molar-refractivity contribution is 7.92. The minimum absolute atomic E-state index is 0.152. The van der Waals surface area contributed by atoms with Gasteiger partial charge in [0.2, 0.25) is 11.0 Å². The molecule has 2 heterocycles. The van der Waals surface area contributed by atoms with Crippen LogP contribution in [-0.4, -0.2) is 18.6 Å². The Hall–Kier alpha value is -2.61. The third-order valence-corrected chi connectivity index (χ3v) is 4.35. The molecule has 7 nitrogen and oxygen atoms in total. The van der Waals surface area contributed by atoms with E-state index in [1.807, 2.05) is 19.9 Å². The lowest BCUT2D eigenvalue weighted by molar-refractivity contribution is 0.436. The number of sulfonamides is 1. The van der Waals surface area contributed by atoms with Gasteiger partial charge in [0.1, 0.15) is 0 Å². The van der Waals surface area contributed by atoms with Crippen LogP contribution in [0.2, 0.25) is 0 Å². The van der Waals surface area contributed by atoms with Crippen LogP contribution in [0.25, 0.3) is 11.7 Å². The number of aromatic nitrogens is 2. The summed E-state index contributed by atoms with van der Waals surface area (Å²) in [6.07, 6.45) is 0.591. The van der Waals surface area contributed by atoms with Crippen molar-refractivity contribution >= 4 is 15.7 Å². The second-order valence-electron chi connectivity index (χ2n) is 4.95. The first-order valence-corrected chi connectivity index (χ1v) is 8.48. The summed E-state index contributed by atoms with van der Waals surface area (Å²) in [4.78, 5) is 0. The smallest absolute Gasteiger partial charge is 0.295 e. The highest BCUT2D eigenvalue weighted by Gasteiger charge is 2.21. The van der Waals surface area contributed by atoms with Gasteiger partial charge >= 0.3 is 0 Å². The monoisotopic (exact) mass is 333 g/mol. The largest absolute Gasteiger partial charge is 0.438 e. The van der Waals surface area contributed by atoms with Gasteiger partial charge in [0.25, 0.3) is 15.9 Å². The SMILES string of the molecule is CCc1nnc(-c2ccc(S(=O)(=O)Nc3cccc(C)c3)o2)o1. The lowest BCUT2D eigenvalue weighted by atomic mass is 10.2. The zero-order chi connectivity index (χ0) is 16.4. The van der Waals surface area contributed by atoms with Gasteiger partial charge in [0, 0.05) is 12.1 Å². The molecule has 0 aliphatic carbocycles. The van der Waals surface area contributed by atoms with E-state index in [-0.39, 0.29) is 16.7 Å². The Morgan fingerprint density at radius 1 is 1.13 bits per heavy atom. The molecule has 23 heavy (non-hydrogen) atoms. The van der Waals surface area contributed by atoms with Crippen molar-refractivity contribution in [1.82, 2.24) is 10.2 Å². The van der Waals surface area contributed by atoms with Crippen LogP contribution < -0.4 is 4.72 Å². The Balaban J connectivity index is 1.86. The maximum Gasteiger partial charge on any atom is 0.295 e. The third kappa shape index (κ3) is 3.26. The van der Waals surface area contributed by atoms with Crippen LogP contribution in [0.5, 0.6) is 0 Å². The molecular formula is C15H15N3O4S. The molecule has 0 bridgehead atoms. The van der Waals surface area contributed by atoms with Gasteiger partial charge in [-0.15, -0.1) is 10.2 Å². The highest BCUT2D eigenvalue weighted by atomic mass is 32.2. The Bertz CT molecular complexity index is 928. The predicted molar refractivity (Wildman–Crippen MR) is 83.4 cm³/mol. The molecule has 0 fully saturated rings. The van der Waals surface area contributed by atoms with Crippen molar-refractivity contribution in [3.05, 3.63) is 47.9 Å². The molecule has 0 saturated heterocycles. The van der Waals surface area contributed by atoms with Gasteiger partial charge in [-0.2, -0.15) is 8.42 Å². The topological polar surface area (TPSA) is 98.2 Å². The molecule has 0 aliphatic heterocycles. The number of nitrogens with one attached hydrogen (secondary N) is 1. The molecule has 120 valence electrons. The first kappa shape index (κ1) is 15.3. The molecule has 3 rings (SSSR count). The fourth-order valence-electron chi connectivity index (χ4n) is 1.99. The summed E-state index contributed by atoms with van der Waals surface area (Å²) in [5, 5.41) is 7.42. The molecule has 0 spiro atoms. The van der Waals surface area contributed by atoms with E-state index in [4.69, 9.17) is 8.83 Å². The lowest BCUT2D eigenvalue weighted by Gasteiger charge is -2.06. The number of benzene rings is 1. The number of anilines is 1. The van der Waals surface area contributed by atoms with E-state index in [9.17, 15) is 8.42 Å². The molecule has 0 amide bonds. The standard InChI is InChI=1S/C15H15N3O4S/c1-3-13-16-17-15(22-13)12-7-8-14(21-12)23(19,20)18-11-6-4-5-10(2)9-11/h4-9,18H,3H2,1-2H3. The summed E-state index contributed by atoms with van der Waals surface area (Å²) in [6, 6.07) is 9.88. The van der Waals surface area contributed by atoms with E-state index >= 15 is 0 Å². The molecule has 0 aliphatic rings. The average Bonchev–Trinajstić information content (AvgIpc) is 3.16. The Morgan fingerprint density at radius 3 is 2.65 bits per heavy atom. The van der Waals surface area contributed by atoms with Crippen molar-refractivity contribution in [2.75, 3.05) is 4.72 Å². The van der Waals surface area contributed by atoms with Crippen LogP contribution in [0.3, 0.4) is 0 Å². The first-order valence-electron chi connectivity index (χ1n) is 7.00. The second-order valence-corrected chi connectivity index (χ2v) is 6.56. The van der Waals surface area contributed by atoms with Gasteiger partial charge in [0.15, 0.2) is 5.76 Å². The van der Waals surface area contributed by atoms with Crippen LogP contribution >= 0.6 is 0 Å². The molecule has 8 heteroatoms. The molecular weight excluding hydrogens is 318 g/mol. The first-order chi connectivity index (χ1) is 11.0. The summed E-state index contributed by atoms with van der Waals surface area (Å²) in [5.74, 6) is 0.819. The molecule has 0 unspecified atom stereocenters. The number of hydrogen-bond donors (Lipinski definition) is 1. The zero-order valence-corrected chi connectivity index (χ0v) is 13.4. The number of aryl methyl sites for hydroxylation is 2. The second kappa shape index (κ2) is 5.88. The molecule has 0 atom stereocenters. The number of hydrogen-bond acceptors (Lipinski definition) is 6. The van der Waals surface area contributed by atoms with E-state index in [1.54, 1.807) is 18.2 Å². The van der Waals surface area contributed by atoms with Crippen LogP contribution in [0.1, 0.15) is 18.4 Å². The summed E-state index contributed by atoms with van der Waals surface area (Å²) < 4.78 is 37.9. The van der Waals surface area contributed by atoms with Crippen molar-refractivity contribution < 1.29 is 17.3 Å². The van der Waals surface area contributed by atoms with Gasteiger partial charge in [-0.25, -0.2) is 0 Å². The molecule has 2 aromatic heterocycles. The maximum absolute atomic E-state index is 12.3. The highest BCUT2D eigenvalue weighted by Crippen LogP contribution is 2.25. The Morgan fingerprint density at radius 2 is 1.96 bits per heavy atom. The summed E-state index contributed by atoms with van der Waals surface area (Å²) in [5.41, 5.74) is 1.41. The van der Waals surface area contributed by atoms with Gasteiger partial charge in [-0.1, -0.05) is 19.1 Å². The van der Waals surface area contributed by atoms with Crippen LogP contribution in [0, 0.1) is 6.92 Å². The summed E-state index contributed by atoms with van der Waals surface area (Å²) >= 11 is 0. The predicted octanol–water partition coefficient (Wildman–Crippen LogP) is 3.00. The van der Waals surface area contributed by atoms with Gasteiger partial charge in [-0.3, -0.25) is 4.72 Å². The van der Waals surface area contributed by atoms with Gasteiger partial charge in [0.05, 0.1) is 0 Å². The Labute approximate surface area is 133 Å². The molecule has 0 saturated carbocycles. The van der Waals surface area contributed by atoms with Crippen molar-refractivity contribution in [2.45, 2.75) is 25.4 Å². The number of rotatable bonds is 5.